The number of pyridine rings is 1. The second-order valence-corrected chi connectivity index (χ2v) is 9.49. The van der Waals surface area contributed by atoms with Crippen LogP contribution in [0.5, 0.6) is 0 Å². The van der Waals surface area contributed by atoms with Gasteiger partial charge in [0.1, 0.15) is 6.26 Å². The van der Waals surface area contributed by atoms with Crippen LogP contribution in [-0.4, -0.2) is 32.3 Å². The quantitative estimate of drug-likeness (QED) is 0.228. The Hall–Kier alpha value is -3.65. The third kappa shape index (κ3) is 6.20. The van der Waals surface area contributed by atoms with E-state index in [4.69, 9.17) is 27.6 Å². The monoisotopic (exact) mass is 533 g/mol. The molecular weight excluding hydrogens is 509 g/mol. The van der Waals surface area contributed by atoms with Gasteiger partial charge in [-0.3, -0.25) is 14.7 Å². The minimum Gasteiger partial charge on any atom is -0.447 e. The molecule has 5 aromatic rings. The zero-order valence-corrected chi connectivity index (χ0v) is 21.5. The summed E-state index contributed by atoms with van der Waals surface area (Å²) in [5.74, 6) is 0.144. The zero-order valence-electron chi connectivity index (χ0n) is 20.0. The van der Waals surface area contributed by atoms with E-state index < -0.39 is 0 Å². The second kappa shape index (κ2) is 11.6. The number of aromatic nitrogens is 3. The summed E-state index contributed by atoms with van der Waals surface area (Å²) in [6, 6.07) is 17.6. The van der Waals surface area contributed by atoms with Crippen molar-refractivity contribution in [1.29, 1.82) is 0 Å². The summed E-state index contributed by atoms with van der Waals surface area (Å²) < 4.78 is 5.68. The van der Waals surface area contributed by atoms with E-state index in [1.807, 2.05) is 42.6 Å². The van der Waals surface area contributed by atoms with Gasteiger partial charge in [-0.2, -0.15) is 0 Å². The van der Waals surface area contributed by atoms with E-state index >= 15 is 0 Å². The van der Waals surface area contributed by atoms with Crippen molar-refractivity contribution >= 4 is 40.0 Å². The van der Waals surface area contributed by atoms with E-state index in [9.17, 15) is 4.79 Å². The maximum atomic E-state index is 12.6. The number of hydrogen-bond donors (Lipinski definition) is 2. The first-order chi connectivity index (χ1) is 18.1. The Bertz CT molecular complexity index is 1500. The van der Waals surface area contributed by atoms with Crippen LogP contribution in [0.25, 0.3) is 10.9 Å². The molecule has 9 heteroatoms. The van der Waals surface area contributed by atoms with Gasteiger partial charge in [0.2, 0.25) is 5.89 Å². The number of benzene rings is 2. The van der Waals surface area contributed by atoms with E-state index in [1.54, 1.807) is 18.5 Å². The molecule has 0 spiro atoms. The number of aromatic amines is 1. The normalized spacial score (nSPS) is 11.3. The Labute approximate surface area is 224 Å². The summed E-state index contributed by atoms with van der Waals surface area (Å²) in [7, 11) is 0. The summed E-state index contributed by atoms with van der Waals surface area (Å²) in [6.07, 6.45) is 7.64. The first-order valence-corrected chi connectivity index (χ1v) is 12.6. The Morgan fingerprint density at radius 1 is 1.03 bits per heavy atom. The van der Waals surface area contributed by atoms with Crippen LogP contribution >= 0.6 is 23.2 Å². The van der Waals surface area contributed by atoms with E-state index in [0.29, 0.717) is 35.6 Å². The van der Waals surface area contributed by atoms with Gasteiger partial charge in [0, 0.05) is 49.1 Å². The van der Waals surface area contributed by atoms with Crippen LogP contribution in [0.3, 0.4) is 0 Å². The average Bonchev–Trinajstić information content (AvgIpc) is 3.56. The predicted molar refractivity (Wildman–Crippen MR) is 144 cm³/mol. The molecule has 0 saturated carbocycles. The van der Waals surface area contributed by atoms with Gasteiger partial charge in [-0.1, -0.05) is 59.6 Å². The number of carbonyl (C=O) groups is 1. The average molecular weight is 534 g/mol. The number of nitrogens with zero attached hydrogens (tertiary/aromatic N) is 3. The standard InChI is InChI=1S/C28H25Cl2N5O2/c29-23-8-3-6-21(27(23)30)16-35(12-10-20-15-32-24-9-2-1-7-22(20)24)17-26-34-25(18-37-26)28(36)33-14-19-5-4-11-31-13-19/h1-9,11,13,15,18,32H,10,12,14,16-17H2,(H,33,36). The molecule has 37 heavy (non-hydrogen) atoms. The van der Waals surface area contributed by atoms with Gasteiger partial charge in [-0.25, -0.2) is 4.98 Å². The highest BCUT2D eigenvalue weighted by atomic mass is 35.5. The maximum absolute atomic E-state index is 12.6. The van der Waals surface area contributed by atoms with Crippen LogP contribution < -0.4 is 5.32 Å². The molecule has 2 N–H and O–H groups in total. The molecule has 188 valence electrons. The summed E-state index contributed by atoms with van der Waals surface area (Å²) >= 11 is 12.7. The lowest BCUT2D eigenvalue weighted by Crippen LogP contribution is -2.26. The SMILES string of the molecule is O=C(NCc1cccnc1)c1coc(CN(CCc2c[nH]c3ccccc23)Cc2cccc(Cl)c2Cl)n1. The molecular formula is C28H25Cl2N5O2. The van der Waals surface area contributed by atoms with E-state index in [1.165, 1.54) is 17.2 Å². The largest absolute Gasteiger partial charge is 0.447 e. The van der Waals surface area contributed by atoms with Crippen LogP contribution in [0.4, 0.5) is 0 Å². The molecule has 3 aromatic heterocycles. The Kier molecular flexibility index (Phi) is 7.84. The third-order valence-corrected chi connectivity index (χ3v) is 6.97. The molecule has 2 aromatic carbocycles. The van der Waals surface area contributed by atoms with Crippen LogP contribution in [-0.2, 0) is 26.1 Å². The highest BCUT2D eigenvalue weighted by molar-refractivity contribution is 6.42. The molecule has 0 atom stereocenters. The number of hydrogen-bond acceptors (Lipinski definition) is 5. The molecule has 3 heterocycles. The van der Waals surface area contributed by atoms with Gasteiger partial charge in [0.05, 0.1) is 16.6 Å². The summed E-state index contributed by atoms with van der Waals surface area (Å²) in [6.45, 7) is 2.03. The maximum Gasteiger partial charge on any atom is 0.273 e. The summed E-state index contributed by atoms with van der Waals surface area (Å²) in [4.78, 5) is 26.6. The van der Waals surface area contributed by atoms with Crippen molar-refractivity contribution in [2.24, 2.45) is 0 Å². The molecule has 0 aliphatic rings. The lowest BCUT2D eigenvalue weighted by molar-refractivity contribution is 0.0945. The lowest BCUT2D eigenvalue weighted by atomic mass is 10.1. The fraction of sp³-hybridized carbons (Fsp3) is 0.179. The van der Waals surface area contributed by atoms with E-state index in [-0.39, 0.29) is 11.6 Å². The highest BCUT2D eigenvalue weighted by Crippen LogP contribution is 2.27. The first-order valence-electron chi connectivity index (χ1n) is 11.9. The minimum atomic E-state index is -0.304. The number of oxazole rings is 1. The first kappa shape index (κ1) is 25.0. The van der Waals surface area contributed by atoms with Crippen LogP contribution in [0.1, 0.15) is 33.1 Å². The predicted octanol–water partition coefficient (Wildman–Crippen LogP) is 6.03. The smallest absolute Gasteiger partial charge is 0.273 e. The topological polar surface area (TPSA) is 87.0 Å². The second-order valence-electron chi connectivity index (χ2n) is 8.70. The lowest BCUT2D eigenvalue weighted by Gasteiger charge is -2.21. The summed E-state index contributed by atoms with van der Waals surface area (Å²) in [5, 5.41) is 5.09. The van der Waals surface area contributed by atoms with Gasteiger partial charge >= 0.3 is 0 Å². The zero-order chi connectivity index (χ0) is 25.6. The molecule has 1 amide bonds. The molecule has 0 fully saturated rings. The molecule has 0 aliphatic carbocycles. The number of amides is 1. The highest BCUT2D eigenvalue weighted by Gasteiger charge is 2.17. The van der Waals surface area contributed by atoms with Gasteiger partial charge in [-0.05, 0) is 41.3 Å². The van der Waals surface area contributed by atoms with Crippen molar-refractivity contribution < 1.29 is 9.21 Å². The van der Waals surface area contributed by atoms with E-state index in [2.05, 4.69) is 37.3 Å². The molecule has 0 bridgehead atoms. The fourth-order valence-corrected chi connectivity index (χ4v) is 4.58. The van der Waals surface area contributed by atoms with Gasteiger partial charge in [0.25, 0.3) is 5.91 Å². The molecule has 0 aliphatic heterocycles. The van der Waals surface area contributed by atoms with Gasteiger partial charge in [0.15, 0.2) is 5.69 Å². The molecule has 0 radical (unpaired) electrons. The number of rotatable bonds is 10. The third-order valence-electron chi connectivity index (χ3n) is 6.12. The van der Waals surface area contributed by atoms with Gasteiger partial charge < -0.3 is 14.7 Å². The number of carbonyl (C=O) groups excluding carboxylic acids is 1. The Morgan fingerprint density at radius 2 is 1.92 bits per heavy atom. The van der Waals surface area contributed by atoms with Crippen LogP contribution in [0, 0.1) is 0 Å². The van der Waals surface area contributed by atoms with E-state index in [0.717, 1.165) is 29.6 Å². The summed E-state index contributed by atoms with van der Waals surface area (Å²) in [5.41, 5.74) is 4.38. The van der Waals surface area contributed by atoms with Crippen molar-refractivity contribution in [2.45, 2.75) is 26.1 Å². The van der Waals surface area contributed by atoms with Crippen molar-refractivity contribution in [1.82, 2.24) is 25.2 Å². The van der Waals surface area contributed by atoms with Crippen molar-refractivity contribution in [3.63, 3.8) is 0 Å². The minimum absolute atomic E-state index is 0.233. The number of H-pyrrole nitrogens is 1. The molecule has 0 unspecified atom stereocenters. The molecule has 7 nitrogen and oxygen atoms in total. The van der Waals surface area contributed by atoms with Gasteiger partial charge in [-0.15, -0.1) is 0 Å². The van der Waals surface area contributed by atoms with Crippen LogP contribution in [0.15, 0.2) is 83.9 Å². The van der Waals surface area contributed by atoms with Crippen molar-refractivity contribution in [3.8, 4) is 0 Å². The van der Waals surface area contributed by atoms with Crippen LogP contribution in [0.2, 0.25) is 10.0 Å². The number of halogens is 2. The Balaban J connectivity index is 1.29. The Morgan fingerprint density at radius 3 is 2.78 bits per heavy atom. The van der Waals surface area contributed by atoms with Crippen molar-refractivity contribution in [3.05, 3.63) is 118 Å². The number of nitrogens with one attached hydrogen (secondary N) is 2. The molecule has 0 saturated heterocycles. The number of fused-ring (bicyclic) bond motifs is 1. The molecule has 5 rings (SSSR count). The number of para-hydroxylation sites is 1. The van der Waals surface area contributed by atoms with Crippen molar-refractivity contribution in [2.75, 3.05) is 6.54 Å². The fourth-order valence-electron chi connectivity index (χ4n) is 4.20.